The Labute approximate surface area is 170 Å². The number of carbonyl (C=O) groups excluding carboxylic acids is 2. The number of nitrogens with zero attached hydrogens (tertiary/aromatic N) is 1. The Bertz CT molecular complexity index is 943. The minimum Gasteiger partial charge on any atom is -0.483 e. The molecule has 3 aromatic rings. The maximum Gasteiger partial charge on any atom is 0.260 e. The molecule has 3 rings (SSSR count). The van der Waals surface area contributed by atoms with Crippen LogP contribution in [0.5, 0.6) is 5.75 Å². The van der Waals surface area contributed by atoms with Crippen LogP contribution in [0.4, 0.5) is 0 Å². The van der Waals surface area contributed by atoms with E-state index in [-0.39, 0.29) is 18.1 Å². The van der Waals surface area contributed by atoms with Crippen molar-refractivity contribution in [1.82, 2.24) is 4.90 Å². The Morgan fingerprint density at radius 1 is 0.793 bits per heavy atom. The van der Waals surface area contributed by atoms with Crippen molar-refractivity contribution in [3.8, 4) is 5.75 Å². The van der Waals surface area contributed by atoms with Crippen LogP contribution in [0.2, 0.25) is 0 Å². The van der Waals surface area contributed by atoms with Crippen molar-refractivity contribution < 1.29 is 14.3 Å². The first kappa shape index (κ1) is 20.1. The molecule has 5 heteroatoms. The first-order valence-corrected chi connectivity index (χ1v) is 9.51. The fourth-order valence-corrected chi connectivity index (χ4v) is 3.03. The highest BCUT2D eigenvalue weighted by Crippen LogP contribution is 2.17. The normalized spacial score (nSPS) is 10.3. The molecule has 2 N–H and O–H groups in total. The zero-order chi connectivity index (χ0) is 20.5. The van der Waals surface area contributed by atoms with E-state index in [0.717, 1.165) is 12.0 Å². The van der Waals surface area contributed by atoms with E-state index in [2.05, 4.69) is 0 Å². The molecule has 0 aromatic heterocycles. The Morgan fingerprint density at radius 3 is 2.03 bits per heavy atom. The van der Waals surface area contributed by atoms with E-state index in [1.54, 1.807) is 29.2 Å². The van der Waals surface area contributed by atoms with Gasteiger partial charge in [0.1, 0.15) is 5.75 Å². The van der Waals surface area contributed by atoms with E-state index >= 15 is 0 Å². The first-order chi connectivity index (χ1) is 14.1. The lowest BCUT2D eigenvalue weighted by Gasteiger charge is -2.23. The summed E-state index contributed by atoms with van der Waals surface area (Å²) in [5.41, 5.74) is 7.86. The minimum atomic E-state index is -0.585. The third kappa shape index (κ3) is 5.94. The first-order valence-electron chi connectivity index (χ1n) is 9.51. The van der Waals surface area contributed by atoms with E-state index in [0.29, 0.717) is 18.8 Å². The maximum atomic E-state index is 12.9. The third-order valence-corrected chi connectivity index (χ3v) is 4.59. The van der Waals surface area contributed by atoms with Gasteiger partial charge in [0.2, 0.25) is 0 Å². The number of hydrogen-bond donors (Lipinski definition) is 1. The van der Waals surface area contributed by atoms with E-state index in [1.807, 2.05) is 60.7 Å². The summed E-state index contributed by atoms with van der Waals surface area (Å²) in [6.07, 6.45) is 0.747. The average Bonchev–Trinajstić information content (AvgIpc) is 2.76. The number of nitrogens with two attached hydrogens (primary N) is 1. The van der Waals surface area contributed by atoms with E-state index in [4.69, 9.17) is 10.5 Å². The summed E-state index contributed by atoms with van der Waals surface area (Å²) < 4.78 is 5.64. The molecule has 2 amide bonds. The molecule has 0 saturated heterocycles. The summed E-state index contributed by atoms with van der Waals surface area (Å²) in [6.45, 7) is 0.901. The molecule has 29 heavy (non-hydrogen) atoms. The van der Waals surface area contributed by atoms with Gasteiger partial charge in [-0.25, -0.2) is 0 Å². The standard InChI is InChI=1S/C24H24N2O3/c25-24(28)21-13-7-8-14-22(21)29-18-23(27)26(17-20-11-5-2-6-12-20)16-15-19-9-3-1-4-10-19/h1-14H,15-18H2,(H2,25,28). The molecule has 0 bridgehead atoms. The lowest BCUT2D eigenvalue weighted by molar-refractivity contribution is -0.134. The molecule has 3 aromatic carbocycles. The number of ether oxygens (including phenoxy) is 1. The van der Waals surface area contributed by atoms with Crippen LogP contribution < -0.4 is 10.5 Å². The maximum absolute atomic E-state index is 12.9. The van der Waals surface area contributed by atoms with Crippen LogP contribution in [0.15, 0.2) is 84.9 Å². The predicted octanol–water partition coefficient (Wildman–Crippen LogP) is 3.44. The highest BCUT2D eigenvalue weighted by molar-refractivity contribution is 5.95. The van der Waals surface area contributed by atoms with Crippen LogP contribution in [0.1, 0.15) is 21.5 Å². The predicted molar refractivity (Wildman–Crippen MR) is 112 cm³/mol. The van der Waals surface area contributed by atoms with E-state index < -0.39 is 5.91 Å². The zero-order valence-corrected chi connectivity index (χ0v) is 16.2. The molecule has 0 spiro atoms. The largest absolute Gasteiger partial charge is 0.483 e. The summed E-state index contributed by atoms with van der Waals surface area (Å²) in [5, 5.41) is 0. The van der Waals surface area contributed by atoms with Gasteiger partial charge >= 0.3 is 0 Å². The number of hydrogen-bond acceptors (Lipinski definition) is 3. The van der Waals surface area contributed by atoms with E-state index in [1.165, 1.54) is 5.56 Å². The second-order valence-electron chi connectivity index (χ2n) is 6.69. The van der Waals surface area contributed by atoms with Crippen molar-refractivity contribution in [2.24, 2.45) is 5.73 Å². The van der Waals surface area contributed by atoms with Crippen molar-refractivity contribution in [1.29, 1.82) is 0 Å². The molecular formula is C24H24N2O3. The monoisotopic (exact) mass is 388 g/mol. The summed E-state index contributed by atoms with van der Waals surface area (Å²) in [5.74, 6) is -0.418. The minimum absolute atomic E-state index is 0.149. The van der Waals surface area contributed by atoms with Gasteiger partial charge in [-0.05, 0) is 29.7 Å². The zero-order valence-electron chi connectivity index (χ0n) is 16.2. The molecule has 0 aliphatic heterocycles. The second-order valence-corrected chi connectivity index (χ2v) is 6.69. The summed E-state index contributed by atoms with van der Waals surface area (Å²) >= 11 is 0. The van der Waals surface area contributed by atoms with Gasteiger partial charge in [-0.3, -0.25) is 9.59 Å². The molecule has 0 unspecified atom stereocenters. The average molecular weight is 388 g/mol. The van der Waals surface area contributed by atoms with Gasteiger partial charge in [0.05, 0.1) is 5.56 Å². The fourth-order valence-electron chi connectivity index (χ4n) is 3.03. The summed E-state index contributed by atoms with van der Waals surface area (Å²) in [6, 6.07) is 26.5. The molecule has 0 saturated carbocycles. The van der Waals surface area contributed by atoms with Crippen molar-refractivity contribution in [2.75, 3.05) is 13.2 Å². The molecule has 0 aliphatic carbocycles. The lowest BCUT2D eigenvalue weighted by Crippen LogP contribution is -2.36. The van der Waals surface area contributed by atoms with Gasteiger partial charge in [-0.1, -0.05) is 72.8 Å². The molecule has 0 fully saturated rings. The molecule has 0 radical (unpaired) electrons. The van der Waals surface area contributed by atoms with E-state index in [9.17, 15) is 9.59 Å². The molecule has 5 nitrogen and oxygen atoms in total. The number of primary amides is 1. The van der Waals surface area contributed by atoms with Crippen LogP contribution >= 0.6 is 0 Å². The van der Waals surface area contributed by atoms with Gasteiger partial charge in [-0.2, -0.15) is 0 Å². The second kappa shape index (κ2) is 10.1. The molecule has 0 aliphatic rings. The molecule has 0 heterocycles. The Balaban J connectivity index is 1.69. The molecule has 0 atom stereocenters. The third-order valence-electron chi connectivity index (χ3n) is 4.59. The summed E-state index contributed by atoms with van der Waals surface area (Å²) in [7, 11) is 0. The van der Waals surface area contributed by atoms with Crippen LogP contribution in [0.3, 0.4) is 0 Å². The van der Waals surface area contributed by atoms with Gasteiger partial charge in [-0.15, -0.1) is 0 Å². The topological polar surface area (TPSA) is 72.6 Å². The Kier molecular flexibility index (Phi) is 7.00. The van der Waals surface area contributed by atoms with Crippen molar-refractivity contribution in [2.45, 2.75) is 13.0 Å². The van der Waals surface area contributed by atoms with Crippen molar-refractivity contribution >= 4 is 11.8 Å². The number of benzene rings is 3. The number of para-hydroxylation sites is 1. The highest BCUT2D eigenvalue weighted by Gasteiger charge is 2.16. The Morgan fingerprint density at radius 2 is 1.38 bits per heavy atom. The smallest absolute Gasteiger partial charge is 0.260 e. The van der Waals surface area contributed by atoms with Crippen molar-refractivity contribution in [3.05, 3.63) is 102 Å². The fraction of sp³-hybridized carbons (Fsp3) is 0.167. The molecule has 148 valence electrons. The van der Waals surface area contributed by atoms with Gasteiger partial charge in [0, 0.05) is 13.1 Å². The number of carbonyl (C=O) groups is 2. The van der Waals surface area contributed by atoms with Crippen LogP contribution in [0.25, 0.3) is 0 Å². The molecular weight excluding hydrogens is 364 g/mol. The quantitative estimate of drug-likeness (QED) is 0.610. The Hall–Kier alpha value is -3.60. The number of rotatable bonds is 9. The van der Waals surface area contributed by atoms with Crippen LogP contribution in [0, 0.1) is 0 Å². The highest BCUT2D eigenvalue weighted by atomic mass is 16.5. The number of amides is 2. The lowest BCUT2D eigenvalue weighted by atomic mass is 10.1. The van der Waals surface area contributed by atoms with Gasteiger partial charge in [0.25, 0.3) is 11.8 Å². The van der Waals surface area contributed by atoms with Gasteiger partial charge < -0.3 is 15.4 Å². The SMILES string of the molecule is NC(=O)c1ccccc1OCC(=O)N(CCc1ccccc1)Cc1ccccc1. The van der Waals surface area contributed by atoms with Crippen LogP contribution in [-0.2, 0) is 17.8 Å². The van der Waals surface area contributed by atoms with Crippen molar-refractivity contribution in [3.63, 3.8) is 0 Å². The van der Waals surface area contributed by atoms with Gasteiger partial charge in [0.15, 0.2) is 6.61 Å². The van der Waals surface area contributed by atoms with Crippen LogP contribution in [-0.4, -0.2) is 29.9 Å². The summed E-state index contributed by atoms with van der Waals surface area (Å²) in [4.78, 5) is 26.2.